The average Bonchev–Trinajstić information content (AvgIpc) is 3.54. The second kappa shape index (κ2) is 8.76. The molecule has 3 aromatic rings. The molecule has 180 valence electrons. The van der Waals surface area contributed by atoms with Gasteiger partial charge >= 0.3 is 6.18 Å². The van der Waals surface area contributed by atoms with Crippen molar-refractivity contribution < 1.29 is 17.9 Å². The zero-order valence-electron chi connectivity index (χ0n) is 19.4. The number of aromatic nitrogens is 5. The summed E-state index contributed by atoms with van der Waals surface area (Å²) in [5.41, 5.74) is 4.46. The van der Waals surface area contributed by atoms with Gasteiger partial charge < -0.3 is 4.74 Å². The highest BCUT2D eigenvalue weighted by Gasteiger charge is 2.32. The second-order valence-corrected chi connectivity index (χ2v) is 9.42. The summed E-state index contributed by atoms with van der Waals surface area (Å²) in [5.74, 6) is 0.111. The van der Waals surface area contributed by atoms with E-state index in [1.807, 2.05) is 30.8 Å². The molecular weight excluding hydrogens is 443 g/mol. The molecule has 5 rings (SSSR count). The minimum Gasteiger partial charge on any atom is -0.373 e. The van der Waals surface area contributed by atoms with Crippen LogP contribution < -0.4 is 0 Å². The van der Waals surface area contributed by atoms with E-state index in [1.165, 1.54) is 12.8 Å². The van der Waals surface area contributed by atoms with Gasteiger partial charge in [-0.05, 0) is 58.4 Å². The standard InChI is InChI=1S/C25H28F3N5O/c1-14(25(26,27)28)4-7-20-24-22(30-15(2)16(3)31-24)11-21(32-20)17-8-9-34-23(10-17)18-12-29-33(13-18)19-5-6-19/h11-13,17,19,23H,1,4-10H2,2-3H3/t17-,23+/m1/s1. The molecule has 1 saturated heterocycles. The van der Waals surface area contributed by atoms with Gasteiger partial charge in [0.25, 0.3) is 0 Å². The van der Waals surface area contributed by atoms with E-state index in [-0.39, 0.29) is 24.9 Å². The summed E-state index contributed by atoms with van der Waals surface area (Å²) in [7, 11) is 0. The van der Waals surface area contributed by atoms with Crippen LogP contribution in [0.1, 0.15) is 78.5 Å². The quantitative estimate of drug-likeness (QED) is 0.422. The number of alkyl halides is 3. The van der Waals surface area contributed by atoms with Gasteiger partial charge in [-0.15, -0.1) is 0 Å². The fourth-order valence-corrected chi connectivity index (χ4v) is 4.46. The number of aryl methyl sites for hydroxylation is 3. The summed E-state index contributed by atoms with van der Waals surface area (Å²) in [5, 5.41) is 4.49. The van der Waals surface area contributed by atoms with Crippen LogP contribution in [0.3, 0.4) is 0 Å². The molecule has 0 N–H and O–H groups in total. The monoisotopic (exact) mass is 471 g/mol. The van der Waals surface area contributed by atoms with Crippen LogP contribution in [0.15, 0.2) is 30.6 Å². The van der Waals surface area contributed by atoms with Crippen molar-refractivity contribution in [2.45, 2.75) is 76.6 Å². The number of hydrogen-bond acceptors (Lipinski definition) is 5. The first-order valence-corrected chi connectivity index (χ1v) is 11.7. The van der Waals surface area contributed by atoms with Gasteiger partial charge in [0.1, 0.15) is 5.52 Å². The van der Waals surface area contributed by atoms with Gasteiger partial charge in [-0.3, -0.25) is 9.67 Å². The Morgan fingerprint density at radius 3 is 2.65 bits per heavy atom. The highest BCUT2D eigenvalue weighted by molar-refractivity contribution is 5.77. The minimum atomic E-state index is -4.41. The second-order valence-electron chi connectivity index (χ2n) is 9.42. The van der Waals surface area contributed by atoms with Crippen molar-refractivity contribution in [3.63, 3.8) is 0 Å². The Hall–Kier alpha value is -2.81. The summed E-state index contributed by atoms with van der Waals surface area (Å²) >= 11 is 0. The van der Waals surface area contributed by atoms with Crippen LogP contribution in [0, 0.1) is 13.8 Å². The fraction of sp³-hybridized carbons (Fsp3) is 0.520. The van der Waals surface area contributed by atoms with E-state index in [4.69, 9.17) is 9.72 Å². The Bertz CT molecular complexity index is 1230. The number of halogens is 3. The van der Waals surface area contributed by atoms with E-state index < -0.39 is 11.7 Å². The number of pyridine rings is 1. The van der Waals surface area contributed by atoms with Gasteiger partial charge in [0.15, 0.2) is 0 Å². The van der Waals surface area contributed by atoms with Crippen molar-refractivity contribution in [1.29, 1.82) is 0 Å². The van der Waals surface area contributed by atoms with Gasteiger partial charge in [0, 0.05) is 35.6 Å². The lowest BCUT2D eigenvalue weighted by molar-refractivity contribution is -0.0935. The van der Waals surface area contributed by atoms with E-state index in [1.54, 1.807) is 0 Å². The molecule has 4 heterocycles. The molecule has 2 atom stereocenters. The highest BCUT2D eigenvalue weighted by Crippen LogP contribution is 2.40. The predicted molar refractivity (Wildman–Crippen MR) is 121 cm³/mol. The highest BCUT2D eigenvalue weighted by atomic mass is 19.4. The number of nitrogens with zero attached hydrogens (tertiary/aromatic N) is 5. The molecule has 0 bridgehead atoms. The maximum Gasteiger partial charge on any atom is 0.412 e. The zero-order chi connectivity index (χ0) is 24.0. The molecule has 2 fully saturated rings. The molecule has 0 spiro atoms. The van der Waals surface area contributed by atoms with E-state index in [2.05, 4.69) is 27.8 Å². The SMILES string of the molecule is C=C(CCc1nc([C@@H]2CCO[C@H](c3cnn(C4CC4)c3)C2)cc2nc(C)c(C)nc12)C(F)(F)F. The molecule has 6 nitrogen and oxygen atoms in total. The van der Waals surface area contributed by atoms with Crippen molar-refractivity contribution in [1.82, 2.24) is 24.7 Å². The molecule has 1 aliphatic carbocycles. The molecule has 9 heteroatoms. The van der Waals surface area contributed by atoms with Crippen molar-refractivity contribution in [2.24, 2.45) is 0 Å². The van der Waals surface area contributed by atoms with Crippen LogP contribution >= 0.6 is 0 Å². The first-order chi connectivity index (χ1) is 16.2. The van der Waals surface area contributed by atoms with Crippen LogP contribution in [0.4, 0.5) is 13.2 Å². The number of rotatable bonds is 6. The minimum absolute atomic E-state index is 0.0805. The molecule has 0 unspecified atom stereocenters. The number of ether oxygens (including phenoxy) is 1. The largest absolute Gasteiger partial charge is 0.412 e. The molecule has 34 heavy (non-hydrogen) atoms. The molecule has 1 aliphatic heterocycles. The molecule has 1 saturated carbocycles. The summed E-state index contributed by atoms with van der Waals surface area (Å²) in [6.45, 7) is 7.53. The van der Waals surface area contributed by atoms with Crippen LogP contribution in [0.5, 0.6) is 0 Å². The normalized spacial score (nSPS) is 21.2. The average molecular weight is 472 g/mol. The fourth-order valence-electron chi connectivity index (χ4n) is 4.46. The zero-order valence-corrected chi connectivity index (χ0v) is 19.4. The molecule has 2 aliphatic rings. The van der Waals surface area contributed by atoms with Crippen LogP contribution in [-0.4, -0.2) is 37.5 Å². The van der Waals surface area contributed by atoms with Crippen molar-refractivity contribution in [2.75, 3.05) is 6.61 Å². The van der Waals surface area contributed by atoms with Gasteiger partial charge in [-0.25, -0.2) is 9.97 Å². The van der Waals surface area contributed by atoms with Crippen LogP contribution in [-0.2, 0) is 11.2 Å². The summed E-state index contributed by atoms with van der Waals surface area (Å²) in [4.78, 5) is 14.1. The third-order valence-corrected chi connectivity index (χ3v) is 6.84. The topological polar surface area (TPSA) is 65.7 Å². The Balaban J connectivity index is 1.44. The molecule has 0 radical (unpaired) electrons. The third-order valence-electron chi connectivity index (χ3n) is 6.84. The van der Waals surface area contributed by atoms with Gasteiger partial charge in [0.05, 0.1) is 40.9 Å². The van der Waals surface area contributed by atoms with Crippen LogP contribution in [0.2, 0.25) is 0 Å². The smallest absolute Gasteiger partial charge is 0.373 e. The molecule has 0 amide bonds. The number of fused-ring (bicyclic) bond motifs is 1. The van der Waals surface area contributed by atoms with E-state index >= 15 is 0 Å². The van der Waals surface area contributed by atoms with E-state index in [0.29, 0.717) is 29.4 Å². The van der Waals surface area contributed by atoms with Gasteiger partial charge in [-0.1, -0.05) is 6.58 Å². The Morgan fingerprint density at radius 2 is 1.91 bits per heavy atom. The first kappa shape index (κ1) is 23.0. The third kappa shape index (κ3) is 4.71. The van der Waals surface area contributed by atoms with Gasteiger partial charge in [0.2, 0.25) is 0 Å². The Labute approximate surface area is 196 Å². The first-order valence-electron chi connectivity index (χ1n) is 11.7. The van der Waals surface area contributed by atoms with Crippen molar-refractivity contribution in [3.8, 4) is 0 Å². The molecule has 0 aromatic carbocycles. The number of hydrogen-bond donors (Lipinski definition) is 0. The lowest BCUT2D eigenvalue weighted by Crippen LogP contribution is -2.20. The molecular formula is C25H28F3N5O. The number of allylic oxidation sites excluding steroid dienone is 1. The maximum atomic E-state index is 13.0. The Morgan fingerprint density at radius 1 is 1.15 bits per heavy atom. The lowest BCUT2D eigenvalue weighted by atomic mass is 9.89. The Kier molecular flexibility index (Phi) is 5.91. The van der Waals surface area contributed by atoms with Crippen LogP contribution in [0.25, 0.3) is 11.0 Å². The molecule has 3 aromatic heterocycles. The summed E-state index contributed by atoms with van der Waals surface area (Å²) < 4.78 is 47.2. The maximum absolute atomic E-state index is 13.0. The summed E-state index contributed by atoms with van der Waals surface area (Å²) in [6, 6.07) is 2.45. The predicted octanol–water partition coefficient (Wildman–Crippen LogP) is 5.86. The van der Waals surface area contributed by atoms with Crippen molar-refractivity contribution in [3.05, 3.63) is 59.0 Å². The van der Waals surface area contributed by atoms with E-state index in [9.17, 15) is 13.2 Å². The van der Waals surface area contributed by atoms with E-state index in [0.717, 1.165) is 35.5 Å². The lowest BCUT2D eigenvalue weighted by Gasteiger charge is -2.29. The summed E-state index contributed by atoms with van der Waals surface area (Å²) in [6.07, 6.45) is 3.21. The van der Waals surface area contributed by atoms with Gasteiger partial charge in [-0.2, -0.15) is 18.3 Å². The van der Waals surface area contributed by atoms with Crippen molar-refractivity contribution >= 4 is 11.0 Å².